The van der Waals surface area contributed by atoms with Crippen LogP contribution >= 0.6 is 11.6 Å². The van der Waals surface area contributed by atoms with Crippen LogP contribution in [-0.4, -0.2) is 19.9 Å². The molecular weight excluding hydrogens is 286 g/mol. The van der Waals surface area contributed by atoms with E-state index in [2.05, 4.69) is 10.1 Å². The van der Waals surface area contributed by atoms with Crippen LogP contribution in [-0.2, 0) is 13.5 Å². The van der Waals surface area contributed by atoms with E-state index in [9.17, 15) is 5.11 Å². The fourth-order valence-corrected chi connectivity index (χ4v) is 2.81. The van der Waals surface area contributed by atoms with Crippen molar-refractivity contribution in [3.63, 3.8) is 0 Å². The van der Waals surface area contributed by atoms with Crippen LogP contribution in [0.2, 0.25) is 5.02 Å². The average Bonchev–Trinajstić information content (AvgIpc) is 2.77. The molecule has 108 valence electrons. The Labute approximate surface area is 128 Å². The second-order valence-electron chi connectivity index (χ2n) is 5.16. The molecule has 0 saturated heterocycles. The summed E-state index contributed by atoms with van der Waals surface area (Å²) in [6, 6.07) is 9.38. The molecule has 4 nitrogen and oxygen atoms in total. The van der Waals surface area contributed by atoms with Gasteiger partial charge in [0, 0.05) is 41.3 Å². The number of hydrogen-bond acceptors (Lipinski definition) is 3. The minimum Gasteiger partial charge on any atom is -0.388 e. The van der Waals surface area contributed by atoms with Gasteiger partial charge >= 0.3 is 0 Å². The fraction of sp³-hybridized carbons (Fsp3) is 0.250. The number of rotatable bonds is 3. The van der Waals surface area contributed by atoms with Crippen molar-refractivity contribution in [2.75, 3.05) is 0 Å². The Hall–Kier alpha value is -1.91. The van der Waals surface area contributed by atoms with Gasteiger partial charge in [0.05, 0.1) is 17.3 Å². The van der Waals surface area contributed by atoms with Crippen LogP contribution in [0.4, 0.5) is 0 Å². The van der Waals surface area contributed by atoms with Gasteiger partial charge in [-0.25, -0.2) is 0 Å². The zero-order chi connectivity index (χ0) is 15.0. The Kier molecular flexibility index (Phi) is 3.66. The molecule has 21 heavy (non-hydrogen) atoms. The van der Waals surface area contributed by atoms with Gasteiger partial charge in [0.1, 0.15) is 0 Å². The van der Waals surface area contributed by atoms with E-state index >= 15 is 0 Å². The van der Waals surface area contributed by atoms with Gasteiger partial charge in [-0.3, -0.25) is 9.67 Å². The van der Waals surface area contributed by atoms with Gasteiger partial charge in [-0.15, -0.1) is 0 Å². The van der Waals surface area contributed by atoms with Crippen LogP contribution in [0.1, 0.15) is 23.1 Å². The molecule has 0 bridgehead atoms. The minimum atomic E-state index is -0.644. The quantitative estimate of drug-likeness (QED) is 0.808. The average molecular weight is 302 g/mol. The number of halogens is 1. The topological polar surface area (TPSA) is 50.9 Å². The highest BCUT2D eigenvalue weighted by Gasteiger charge is 2.16. The molecule has 0 aliphatic carbocycles. The Morgan fingerprint density at radius 2 is 2.14 bits per heavy atom. The van der Waals surface area contributed by atoms with E-state index in [0.29, 0.717) is 11.4 Å². The zero-order valence-electron chi connectivity index (χ0n) is 11.9. The molecule has 5 heteroatoms. The van der Waals surface area contributed by atoms with Gasteiger partial charge in [-0.05, 0) is 31.2 Å². The molecule has 0 saturated carbocycles. The summed E-state index contributed by atoms with van der Waals surface area (Å²) < 4.78 is 1.80. The number of benzene rings is 1. The third-order valence-electron chi connectivity index (χ3n) is 3.61. The number of hydrogen-bond donors (Lipinski definition) is 1. The summed E-state index contributed by atoms with van der Waals surface area (Å²) in [6.45, 7) is 1.94. The normalized spacial score (nSPS) is 12.8. The van der Waals surface area contributed by atoms with Gasteiger partial charge in [0.2, 0.25) is 0 Å². The van der Waals surface area contributed by atoms with Crippen molar-refractivity contribution in [3.8, 4) is 0 Å². The third-order valence-corrected chi connectivity index (χ3v) is 3.94. The van der Waals surface area contributed by atoms with E-state index in [-0.39, 0.29) is 0 Å². The molecule has 2 aromatic heterocycles. The summed E-state index contributed by atoms with van der Waals surface area (Å²) in [5.74, 6) is 0. The van der Waals surface area contributed by atoms with Crippen molar-refractivity contribution in [1.29, 1.82) is 0 Å². The van der Waals surface area contributed by atoms with Crippen molar-refractivity contribution in [2.45, 2.75) is 19.4 Å². The SMILES string of the molecule is Cc1cc(CC(O)c2ccc(Cl)c3cccnc23)n(C)n1. The number of aromatic nitrogens is 3. The maximum atomic E-state index is 10.6. The molecule has 2 heterocycles. The second-order valence-corrected chi connectivity index (χ2v) is 5.56. The first-order valence-electron chi connectivity index (χ1n) is 6.77. The standard InChI is InChI=1S/C16H16ClN3O/c1-10-8-11(20(2)19-10)9-15(21)13-5-6-14(17)12-4-3-7-18-16(12)13/h3-8,15,21H,9H2,1-2H3. The van der Waals surface area contributed by atoms with Crippen molar-refractivity contribution < 1.29 is 5.11 Å². The molecule has 0 fully saturated rings. The lowest BCUT2D eigenvalue weighted by Crippen LogP contribution is -2.07. The molecule has 1 aromatic carbocycles. The number of aryl methyl sites for hydroxylation is 2. The van der Waals surface area contributed by atoms with Crippen LogP contribution in [0, 0.1) is 6.92 Å². The summed E-state index contributed by atoms with van der Waals surface area (Å²) in [5, 5.41) is 16.4. The lowest BCUT2D eigenvalue weighted by atomic mass is 10.0. The molecule has 3 aromatic rings. The first kappa shape index (κ1) is 14.0. The lowest BCUT2D eigenvalue weighted by molar-refractivity contribution is 0.177. The molecule has 3 rings (SSSR count). The second kappa shape index (κ2) is 5.47. The Morgan fingerprint density at radius 1 is 1.33 bits per heavy atom. The van der Waals surface area contributed by atoms with Gasteiger partial charge in [-0.1, -0.05) is 17.7 Å². The van der Waals surface area contributed by atoms with E-state index in [1.807, 2.05) is 38.2 Å². The molecule has 0 radical (unpaired) electrons. The van der Waals surface area contributed by atoms with Crippen LogP contribution < -0.4 is 0 Å². The monoisotopic (exact) mass is 301 g/mol. The molecular formula is C16H16ClN3O. The maximum absolute atomic E-state index is 10.6. The largest absolute Gasteiger partial charge is 0.388 e. The van der Waals surface area contributed by atoms with E-state index in [0.717, 1.165) is 27.9 Å². The van der Waals surface area contributed by atoms with Crippen molar-refractivity contribution in [2.24, 2.45) is 7.05 Å². The first-order chi connectivity index (χ1) is 10.1. The lowest BCUT2D eigenvalue weighted by Gasteiger charge is -2.14. The van der Waals surface area contributed by atoms with E-state index in [4.69, 9.17) is 11.6 Å². The van der Waals surface area contributed by atoms with Crippen LogP contribution in [0.3, 0.4) is 0 Å². The summed E-state index contributed by atoms with van der Waals surface area (Å²) in [4.78, 5) is 4.37. The highest BCUT2D eigenvalue weighted by atomic mass is 35.5. The van der Waals surface area contributed by atoms with Gasteiger partial charge in [0.25, 0.3) is 0 Å². The smallest absolute Gasteiger partial charge is 0.0866 e. The Morgan fingerprint density at radius 3 is 2.86 bits per heavy atom. The minimum absolute atomic E-state index is 0.491. The molecule has 0 spiro atoms. The maximum Gasteiger partial charge on any atom is 0.0866 e. The van der Waals surface area contributed by atoms with Crippen LogP contribution in [0.15, 0.2) is 36.5 Å². The Bertz CT molecular complexity index is 797. The summed E-state index contributed by atoms with van der Waals surface area (Å²) >= 11 is 6.19. The van der Waals surface area contributed by atoms with Crippen LogP contribution in [0.25, 0.3) is 10.9 Å². The molecule has 1 unspecified atom stereocenters. The predicted molar refractivity (Wildman–Crippen MR) is 83.4 cm³/mol. The van der Waals surface area contributed by atoms with Crippen molar-refractivity contribution >= 4 is 22.5 Å². The van der Waals surface area contributed by atoms with Crippen LogP contribution in [0.5, 0.6) is 0 Å². The number of aliphatic hydroxyl groups is 1. The number of aliphatic hydroxyl groups excluding tert-OH is 1. The molecule has 1 N–H and O–H groups in total. The fourth-order valence-electron chi connectivity index (χ4n) is 2.59. The molecule has 1 atom stereocenters. The molecule has 0 aliphatic heterocycles. The van der Waals surface area contributed by atoms with E-state index in [1.54, 1.807) is 16.9 Å². The van der Waals surface area contributed by atoms with Gasteiger partial charge in [-0.2, -0.15) is 5.10 Å². The zero-order valence-corrected chi connectivity index (χ0v) is 12.7. The Balaban J connectivity index is 2.00. The third kappa shape index (κ3) is 2.64. The van der Waals surface area contributed by atoms with E-state index in [1.165, 1.54) is 0 Å². The summed E-state index contributed by atoms with van der Waals surface area (Å²) in [5.41, 5.74) is 3.46. The van der Waals surface area contributed by atoms with E-state index < -0.39 is 6.10 Å². The summed E-state index contributed by atoms with van der Waals surface area (Å²) in [6.07, 6.45) is 1.56. The summed E-state index contributed by atoms with van der Waals surface area (Å²) in [7, 11) is 1.88. The van der Waals surface area contributed by atoms with Gasteiger partial charge < -0.3 is 5.11 Å². The van der Waals surface area contributed by atoms with Crippen molar-refractivity contribution in [1.82, 2.24) is 14.8 Å². The highest BCUT2D eigenvalue weighted by Crippen LogP contribution is 2.29. The predicted octanol–water partition coefficient (Wildman–Crippen LogP) is 3.21. The number of nitrogens with zero attached hydrogens (tertiary/aromatic N) is 3. The number of pyridine rings is 1. The van der Waals surface area contributed by atoms with Crippen molar-refractivity contribution in [3.05, 3.63) is 58.5 Å². The number of fused-ring (bicyclic) bond motifs is 1. The first-order valence-corrected chi connectivity index (χ1v) is 7.15. The molecule has 0 amide bonds. The molecule has 0 aliphatic rings. The van der Waals surface area contributed by atoms with Gasteiger partial charge in [0.15, 0.2) is 0 Å². The highest BCUT2D eigenvalue weighted by molar-refractivity contribution is 6.35.